The standard InChI is InChI=1S/C23H25N3O4S/c1-2-30-20-12-10-19(11-13-20)25-23(27)18-8-5-15-26(16-18)31(28,29)21-9-3-6-17-7-4-14-24-22(17)21/h3-4,6-7,9-14,18H,2,5,8,15-16H2,1H3,(H,25,27). The molecule has 0 aliphatic carbocycles. The lowest BCUT2D eigenvalue weighted by molar-refractivity contribution is -0.120. The van der Waals surface area contributed by atoms with Gasteiger partial charge in [0.2, 0.25) is 15.9 Å². The maximum absolute atomic E-state index is 13.4. The molecular formula is C23H25N3O4S. The van der Waals surface area contributed by atoms with Gasteiger partial charge in [-0.1, -0.05) is 18.2 Å². The molecule has 1 saturated heterocycles. The molecule has 3 aromatic rings. The number of carbonyl (C=O) groups is 1. The van der Waals surface area contributed by atoms with Crippen LogP contribution in [0.4, 0.5) is 5.69 Å². The van der Waals surface area contributed by atoms with Crippen molar-refractivity contribution in [2.24, 2.45) is 5.92 Å². The lowest BCUT2D eigenvalue weighted by atomic mass is 9.99. The lowest BCUT2D eigenvalue weighted by Gasteiger charge is -2.31. The Morgan fingerprint density at radius 3 is 2.71 bits per heavy atom. The molecule has 1 aromatic heterocycles. The number of ether oxygens (including phenoxy) is 1. The highest BCUT2D eigenvalue weighted by atomic mass is 32.2. The number of hydrogen-bond acceptors (Lipinski definition) is 5. The second-order valence-corrected chi connectivity index (χ2v) is 9.39. The van der Waals surface area contributed by atoms with Gasteiger partial charge < -0.3 is 10.1 Å². The summed E-state index contributed by atoms with van der Waals surface area (Å²) in [5.74, 6) is 0.136. The van der Waals surface area contributed by atoms with E-state index in [1.54, 1.807) is 48.7 Å². The van der Waals surface area contributed by atoms with E-state index in [1.165, 1.54) is 4.31 Å². The molecule has 1 amide bonds. The highest BCUT2D eigenvalue weighted by molar-refractivity contribution is 7.89. The number of aromatic nitrogens is 1. The number of nitrogens with one attached hydrogen (secondary N) is 1. The molecule has 1 aliphatic rings. The van der Waals surface area contributed by atoms with E-state index >= 15 is 0 Å². The van der Waals surface area contributed by atoms with Crippen LogP contribution in [0, 0.1) is 5.92 Å². The Morgan fingerprint density at radius 2 is 1.94 bits per heavy atom. The van der Waals surface area contributed by atoms with Gasteiger partial charge in [0.25, 0.3) is 0 Å². The fourth-order valence-corrected chi connectivity index (χ4v) is 5.53. The Labute approximate surface area is 182 Å². The van der Waals surface area contributed by atoms with Gasteiger partial charge in [0.1, 0.15) is 10.6 Å². The van der Waals surface area contributed by atoms with Gasteiger partial charge in [-0.25, -0.2) is 8.42 Å². The van der Waals surface area contributed by atoms with Crippen LogP contribution in [0.3, 0.4) is 0 Å². The van der Waals surface area contributed by atoms with Gasteiger partial charge in [-0.3, -0.25) is 9.78 Å². The van der Waals surface area contributed by atoms with E-state index in [1.807, 2.05) is 19.1 Å². The van der Waals surface area contributed by atoms with Gasteiger partial charge in [0.05, 0.1) is 18.0 Å². The van der Waals surface area contributed by atoms with Gasteiger partial charge in [-0.15, -0.1) is 0 Å². The van der Waals surface area contributed by atoms with Crippen LogP contribution < -0.4 is 10.1 Å². The van der Waals surface area contributed by atoms with E-state index in [0.29, 0.717) is 37.2 Å². The van der Waals surface area contributed by atoms with E-state index in [4.69, 9.17) is 4.74 Å². The first-order valence-electron chi connectivity index (χ1n) is 10.4. The number of para-hydroxylation sites is 1. The van der Waals surface area contributed by atoms with Gasteiger partial charge >= 0.3 is 0 Å². The van der Waals surface area contributed by atoms with E-state index in [-0.39, 0.29) is 17.3 Å². The Morgan fingerprint density at radius 1 is 1.16 bits per heavy atom. The second-order valence-electron chi connectivity index (χ2n) is 7.48. The first kappa shape index (κ1) is 21.3. The molecule has 162 valence electrons. The number of rotatable bonds is 6. The summed E-state index contributed by atoms with van der Waals surface area (Å²) in [5, 5.41) is 3.66. The molecule has 31 heavy (non-hydrogen) atoms. The summed E-state index contributed by atoms with van der Waals surface area (Å²) in [5.41, 5.74) is 1.11. The van der Waals surface area contributed by atoms with Crippen LogP contribution in [-0.4, -0.2) is 43.3 Å². The van der Waals surface area contributed by atoms with Crippen LogP contribution >= 0.6 is 0 Å². The second kappa shape index (κ2) is 9.03. The SMILES string of the molecule is CCOc1ccc(NC(=O)C2CCCN(S(=O)(=O)c3cccc4cccnc34)C2)cc1. The maximum Gasteiger partial charge on any atom is 0.245 e. The summed E-state index contributed by atoms with van der Waals surface area (Å²) in [4.78, 5) is 17.3. The van der Waals surface area contributed by atoms with Crippen molar-refractivity contribution in [3.63, 3.8) is 0 Å². The quantitative estimate of drug-likeness (QED) is 0.633. The third-order valence-electron chi connectivity index (χ3n) is 5.40. The molecule has 2 aromatic carbocycles. The predicted octanol–water partition coefficient (Wildman–Crippen LogP) is 3.67. The van der Waals surface area contributed by atoms with Crippen LogP contribution in [0.25, 0.3) is 10.9 Å². The van der Waals surface area contributed by atoms with Crippen molar-refractivity contribution in [3.05, 3.63) is 60.8 Å². The Hall–Kier alpha value is -2.97. The Bertz CT molecular complexity index is 1170. The number of carbonyl (C=O) groups excluding carboxylic acids is 1. The topological polar surface area (TPSA) is 88.6 Å². The largest absolute Gasteiger partial charge is 0.494 e. The molecular weight excluding hydrogens is 414 g/mol. The minimum absolute atomic E-state index is 0.147. The van der Waals surface area contributed by atoms with Crippen molar-refractivity contribution >= 4 is 32.5 Å². The third-order valence-corrected chi connectivity index (χ3v) is 7.30. The first-order valence-corrected chi connectivity index (χ1v) is 11.8. The van der Waals surface area contributed by atoms with Crippen LogP contribution in [0.15, 0.2) is 65.7 Å². The van der Waals surface area contributed by atoms with Crippen LogP contribution in [0.5, 0.6) is 5.75 Å². The number of anilines is 1. The summed E-state index contributed by atoms with van der Waals surface area (Å²) in [7, 11) is -3.77. The molecule has 1 fully saturated rings. The summed E-state index contributed by atoms with van der Waals surface area (Å²) >= 11 is 0. The molecule has 1 atom stereocenters. The number of piperidine rings is 1. The van der Waals surface area contributed by atoms with Crippen LogP contribution in [0.1, 0.15) is 19.8 Å². The molecule has 4 rings (SSSR count). The smallest absolute Gasteiger partial charge is 0.245 e. The molecule has 7 nitrogen and oxygen atoms in total. The van der Waals surface area contributed by atoms with Crippen molar-refractivity contribution < 1.29 is 17.9 Å². The molecule has 0 radical (unpaired) electrons. The number of hydrogen-bond donors (Lipinski definition) is 1. The summed E-state index contributed by atoms with van der Waals surface area (Å²) in [6, 6.07) is 15.9. The number of pyridine rings is 1. The molecule has 0 spiro atoms. The summed E-state index contributed by atoms with van der Waals surface area (Å²) in [6.07, 6.45) is 2.85. The van der Waals surface area contributed by atoms with Gasteiger partial charge in [-0.2, -0.15) is 4.31 Å². The molecule has 1 unspecified atom stereocenters. The fraction of sp³-hybridized carbons (Fsp3) is 0.304. The normalized spacial score (nSPS) is 17.4. The maximum atomic E-state index is 13.4. The van der Waals surface area contributed by atoms with Crippen molar-refractivity contribution in [1.29, 1.82) is 0 Å². The van der Waals surface area contributed by atoms with E-state index in [9.17, 15) is 13.2 Å². The van der Waals surface area contributed by atoms with Crippen molar-refractivity contribution in [2.45, 2.75) is 24.7 Å². The van der Waals surface area contributed by atoms with Gasteiger partial charge in [0.15, 0.2) is 0 Å². The summed E-state index contributed by atoms with van der Waals surface area (Å²) in [6.45, 7) is 3.02. The predicted molar refractivity (Wildman–Crippen MR) is 119 cm³/mol. The summed E-state index contributed by atoms with van der Waals surface area (Å²) < 4.78 is 33.6. The first-order chi connectivity index (χ1) is 15.0. The fourth-order valence-electron chi connectivity index (χ4n) is 3.84. The molecule has 1 N–H and O–H groups in total. The van der Waals surface area contributed by atoms with Gasteiger partial charge in [-0.05, 0) is 56.2 Å². The van der Waals surface area contributed by atoms with Crippen LogP contribution in [-0.2, 0) is 14.8 Å². The zero-order valence-corrected chi connectivity index (χ0v) is 18.1. The number of sulfonamides is 1. The number of nitrogens with zero attached hydrogens (tertiary/aromatic N) is 2. The van der Waals surface area contributed by atoms with Crippen LogP contribution in [0.2, 0.25) is 0 Å². The highest BCUT2D eigenvalue weighted by Crippen LogP contribution is 2.28. The highest BCUT2D eigenvalue weighted by Gasteiger charge is 2.34. The number of amides is 1. The van der Waals surface area contributed by atoms with E-state index in [0.717, 1.165) is 11.1 Å². The van der Waals surface area contributed by atoms with Crippen molar-refractivity contribution in [2.75, 3.05) is 25.0 Å². The van der Waals surface area contributed by atoms with Crippen molar-refractivity contribution in [3.8, 4) is 5.75 Å². The Balaban J connectivity index is 1.50. The third kappa shape index (κ3) is 4.55. The minimum Gasteiger partial charge on any atom is -0.494 e. The molecule has 0 saturated carbocycles. The monoisotopic (exact) mass is 439 g/mol. The minimum atomic E-state index is -3.77. The lowest BCUT2D eigenvalue weighted by Crippen LogP contribution is -2.43. The van der Waals surface area contributed by atoms with Crippen molar-refractivity contribution in [1.82, 2.24) is 9.29 Å². The Kier molecular flexibility index (Phi) is 6.20. The number of fused-ring (bicyclic) bond motifs is 1. The average molecular weight is 440 g/mol. The van der Waals surface area contributed by atoms with Gasteiger partial charge in [0, 0.05) is 30.4 Å². The zero-order chi connectivity index (χ0) is 21.8. The van der Waals surface area contributed by atoms with E-state index in [2.05, 4.69) is 10.3 Å². The zero-order valence-electron chi connectivity index (χ0n) is 17.3. The average Bonchev–Trinajstić information content (AvgIpc) is 2.80. The number of benzene rings is 2. The molecule has 0 bridgehead atoms. The molecule has 2 heterocycles. The van der Waals surface area contributed by atoms with E-state index < -0.39 is 15.9 Å². The molecule has 1 aliphatic heterocycles. The molecule has 8 heteroatoms.